The van der Waals surface area contributed by atoms with E-state index in [4.69, 9.17) is 11.6 Å². The molecule has 0 aromatic carbocycles. The van der Waals surface area contributed by atoms with Crippen LogP contribution in [0.4, 0.5) is 0 Å². The molecule has 5 heteroatoms. The molecule has 1 saturated carbocycles. The largest absolute Gasteiger partial charge is 0.329 e. The molecule has 1 N–H and O–H groups in total. The van der Waals surface area contributed by atoms with Crippen molar-refractivity contribution in [1.82, 2.24) is 9.55 Å². The van der Waals surface area contributed by atoms with Crippen molar-refractivity contribution in [2.24, 2.45) is 5.41 Å². The van der Waals surface area contributed by atoms with E-state index >= 15 is 0 Å². The lowest BCUT2D eigenvalue weighted by molar-refractivity contribution is 0.177. The highest BCUT2D eigenvalue weighted by Crippen LogP contribution is 2.40. The molecule has 0 bridgehead atoms. The van der Waals surface area contributed by atoms with E-state index in [-0.39, 0.29) is 33.8 Å². The number of aromatic amines is 1. The van der Waals surface area contributed by atoms with Crippen molar-refractivity contribution >= 4 is 11.6 Å². The van der Waals surface area contributed by atoms with Gasteiger partial charge in [-0.05, 0) is 30.6 Å². The van der Waals surface area contributed by atoms with Gasteiger partial charge in [0.1, 0.15) is 5.15 Å². The zero-order valence-electron chi connectivity index (χ0n) is 12.6. The van der Waals surface area contributed by atoms with E-state index in [9.17, 15) is 9.59 Å². The van der Waals surface area contributed by atoms with Crippen LogP contribution in [0.25, 0.3) is 0 Å². The zero-order valence-corrected chi connectivity index (χ0v) is 13.4. The number of nitrogens with zero attached hydrogens (tertiary/aromatic N) is 1. The van der Waals surface area contributed by atoms with E-state index < -0.39 is 0 Å². The van der Waals surface area contributed by atoms with E-state index in [0.29, 0.717) is 5.56 Å². The second-order valence-electron chi connectivity index (χ2n) is 6.90. The van der Waals surface area contributed by atoms with Gasteiger partial charge < -0.3 is 0 Å². The first-order valence-electron chi connectivity index (χ1n) is 7.27. The average molecular weight is 299 g/mol. The van der Waals surface area contributed by atoms with Gasteiger partial charge in [0.05, 0.1) is 5.56 Å². The van der Waals surface area contributed by atoms with Gasteiger partial charge in [0.2, 0.25) is 0 Å². The van der Waals surface area contributed by atoms with Crippen LogP contribution in [-0.2, 0) is 0 Å². The van der Waals surface area contributed by atoms with Gasteiger partial charge in [0.25, 0.3) is 5.56 Å². The lowest BCUT2D eigenvalue weighted by atomic mass is 9.75. The van der Waals surface area contributed by atoms with Crippen LogP contribution in [0.2, 0.25) is 5.15 Å². The van der Waals surface area contributed by atoms with E-state index in [2.05, 4.69) is 18.8 Å². The monoisotopic (exact) mass is 298 g/mol. The molecule has 20 heavy (non-hydrogen) atoms. The Balaban J connectivity index is 2.55. The first-order chi connectivity index (χ1) is 9.23. The predicted molar refractivity (Wildman–Crippen MR) is 81.7 cm³/mol. The van der Waals surface area contributed by atoms with Gasteiger partial charge in [0.15, 0.2) is 0 Å². The molecule has 1 aliphatic rings. The fourth-order valence-corrected chi connectivity index (χ4v) is 3.63. The van der Waals surface area contributed by atoms with Gasteiger partial charge >= 0.3 is 5.69 Å². The standard InChI is InChI=1S/C15H23ClN2O2/c1-9(2)11-12(16)17-14(20)18(13(11)19)10-6-5-7-15(3,4)8-10/h9-10H,5-8H2,1-4H3,(H,17,20). The first-order valence-corrected chi connectivity index (χ1v) is 7.65. The normalized spacial score (nSPS) is 22.2. The van der Waals surface area contributed by atoms with E-state index in [1.807, 2.05) is 13.8 Å². The second-order valence-corrected chi connectivity index (χ2v) is 7.28. The van der Waals surface area contributed by atoms with Gasteiger partial charge in [-0.15, -0.1) is 0 Å². The smallest absolute Gasteiger partial charge is 0.297 e. The first kappa shape index (κ1) is 15.4. The summed E-state index contributed by atoms with van der Waals surface area (Å²) in [5.41, 5.74) is 0.0742. The Bertz CT molecular complexity index is 613. The molecule has 1 aromatic heterocycles. The Labute approximate surface area is 124 Å². The molecule has 0 radical (unpaired) electrons. The maximum atomic E-state index is 12.6. The third-order valence-corrected chi connectivity index (χ3v) is 4.54. The summed E-state index contributed by atoms with van der Waals surface area (Å²) in [7, 11) is 0. The molecular formula is C15H23ClN2O2. The number of rotatable bonds is 2. The molecule has 0 saturated heterocycles. The van der Waals surface area contributed by atoms with Gasteiger partial charge in [-0.3, -0.25) is 14.3 Å². The fourth-order valence-electron chi connectivity index (χ4n) is 3.25. The maximum Gasteiger partial charge on any atom is 0.329 e. The van der Waals surface area contributed by atoms with Crippen LogP contribution in [0.3, 0.4) is 0 Å². The zero-order chi connectivity index (χ0) is 15.1. The Morgan fingerprint density at radius 3 is 2.55 bits per heavy atom. The van der Waals surface area contributed by atoms with Crippen LogP contribution in [0.1, 0.15) is 70.9 Å². The molecule has 1 aliphatic carbocycles. The minimum atomic E-state index is -0.382. The van der Waals surface area contributed by atoms with Crippen LogP contribution >= 0.6 is 11.6 Å². The van der Waals surface area contributed by atoms with Crippen molar-refractivity contribution in [3.05, 3.63) is 31.6 Å². The lowest BCUT2D eigenvalue weighted by Gasteiger charge is -2.35. The topological polar surface area (TPSA) is 54.9 Å². The molecule has 0 aliphatic heterocycles. The summed E-state index contributed by atoms with van der Waals surface area (Å²) >= 11 is 6.03. The number of halogens is 1. The molecule has 1 unspecified atom stereocenters. The Morgan fingerprint density at radius 2 is 2.00 bits per heavy atom. The second kappa shape index (κ2) is 5.40. The van der Waals surface area contributed by atoms with Crippen molar-refractivity contribution < 1.29 is 0 Å². The summed E-state index contributed by atoms with van der Waals surface area (Å²) in [6.07, 6.45) is 3.92. The molecule has 0 amide bonds. The van der Waals surface area contributed by atoms with Crippen molar-refractivity contribution in [3.8, 4) is 0 Å². The average Bonchev–Trinajstić information content (AvgIpc) is 2.25. The lowest BCUT2D eigenvalue weighted by Crippen LogP contribution is -2.42. The van der Waals surface area contributed by atoms with Crippen LogP contribution in [0.15, 0.2) is 9.59 Å². The maximum absolute atomic E-state index is 12.6. The molecule has 112 valence electrons. The van der Waals surface area contributed by atoms with Gasteiger partial charge in [-0.25, -0.2) is 4.79 Å². The Kier molecular flexibility index (Phi) is 4.14. The molecule has 1 heterocycles. The third kappa shape index (κ3) is 2.85. The summed E-state index contributed by atoms with van der Waals surface area (Å²) < 4.78 is 1.39. The van der Waals surface area contributed by atoms with Crippen molar-refractivity contribution in [2.75, 3.05) is 0 Å². The van der Waals surface area contributed by atoms with Crippen LogP contribution in [0.5, 0.6) is 0 Å². The highest BCUT2D eigenvalue weighted by molar-refractivity contribution is 6.30. The van der Waals surface area contributed by atoms with Crippen LogP contribution in [0, 0.1) is 5.41 Å². The van der Waals surface area contributed by atoms with Crippen molar-refractivity contribution in [3.63, 3.8) is 0 Å². The van der Waals surface area contributed by atoms with Crippen molar-refractivity contribution in [2.45, 2.75) is 65.3 Å². The Hall–Kier alpha value is -1.03. The fraction of sp³-hybridized carbons (Fsp3) is 0.733. The summed E-state index contributed by atoms with van der Waals surface area (Å²) in [5, 5.41) is 0.182. The number of nitrogens with one attached hydrogen (secondary N) is 1. The van der Waals surface area contributed by atoms with Gasteiger partial charge in [-0.1, -0.05) is 45.7 Å². The molecular weight excluding hydrogens is 276 g/mol. The molecule has 4 nitrogen and oxygen atoms in total. The highest BCUT2D eigenvalue weighted by Gasteiger charge is 2.31. The minimum absolute atomic E-state index is 0.00491. The van der Waals surface area contributed by atoms with E-state index in [0.717, 1.165) is 25.7 Å². The quantitative estimate of drug-likeness (QED) is 0.850. The van der Waals surface area contributed by atoms with Crippen LogP contribution < -0.4 is 11.2 Å². The summed E-state index contributed by atoms with van der Waals surface area (Å²) in [6, 6.07) is -0.0234. The summed E-state index contributed by atoms with van der Waals surface area (Å²) in [6.45, 7) is 8.21. The molecule has 1 fully saturated rings. The highest BCUT2D eigenvalue weighted by atomic mass is 35.5. The summed E-state index contributed by atoms with van der Waals surface area (Å²) in [4.78, 5) is 27.4. The SMILES string of the molecule is CC(C)c1c(Cl)[nH]c(=O)n(C2CCCC(C)(C)C2)c1=O. The molecule has 1 aromatic rings. The summed E-state index contributed by atoms with van der Waals surface area (Å²) in [5.74, 6) is -0.00491. The predicted octanol–water partition coefficient (Wildman–Crippen LogP) is 3.45. The van der Waals surface area contributed by atoms with E-state index in [1.54, 1.807) is 0 Å². The van der Waals surface area contributed by atoms with Gasteiger partial charge in [-0.2, -0.15) is 0 Å². The van der Waals surface area contributed by atoms with Crippen molar-refractivity contribution in [1.29, 1.82) is 0 Å². The number of aromatic nitrogens is 2. The minimum Gasteiger partial charge on any atom is -0.297 e. The molecule has 1 atom stereocenters. The van der Waals surface area contributed by atoms with E-state index in [1.165, 1.54) is 4.57 Å². The third-order valence-electron chi connectivity index (χ3n) is 4.24. The molecule has 2 rings (SSSR count). The number of hydrogen-bond acceptors (Lipinski definition) is 2. The number of hydrogen-bond donors (Lipinski definition) is 1. The Morgan fingerprint density at radius 1 is 1.35 bits per heavy atom. The number of H-pyrrole nitrogens is 1. The molecule has 0 spiro atoms. The van der Waals surface area contributed by atoms with Crippen LogP contribution in [-0.4, -0.2) is 9.55 Å². The van der Waals surface area contributed by atoms with Gasteiger partial charge in [0, 0.05) is 6.04 Å².